The Morgan fingerprint density at radius 1 is 0.968 bits per heavy atom. The predicted molar refractivity (Wildman–Crippen MR) is 116 cm³/mol. The Balaban J connectivity index is 0.000000366. The van der Waals surface area contributed by atoms with Gasteiger partial charge in [-0.1, -0.05) is 48.5 Å². The Hall–Kier alpha value is -3.39. The normalized spacial score (nSPS) is 11.4. The molecule has 2 aromatic rings. The maximum Gasteiger partial charge on any atom is 0.407 e. The first-order chi connectivity index (χ1) is 15.0. The number of alkyl carbamates (subject to hydrolysis) is 1. The molecule has 8 nitrogen and oxygen atoms in total. The van der Waals surface area contributed by atoms with Gasteiger partial charge in [-0.2, -0.15) is 0 Å². The zero-order chi connectivity index (χ0) is 22.6. The van der Waals surface area contributed by atoms with Crippen LogP contribution in [0.2, 0.25) is 0 Å². The van der Waals surface area contributed by atoms with Gasteiger partial charge >= 0.3 is 18.0 Å². The minimum atomic E-state index is -0.955. The Labute approximate surface area is 181 Å². The third-order valence-corrected chi connectivity index (χ3v) is 4.61. The Morgan fingerprint density at radius 2 is 1.55 bits per heavy atom. The van der Waals surface area contributed by atoms with E-state index in [0.717, 1.165) is 11.1 Å². The van der Waals surface area contributed by atoms with Gasteiger partial charge < -0.3 is 25.6 Å². The molecule has 0 radical (unpaired) electrons. The molecule has 166 valence electrons. The molecular formula is C23H28N2O6. The summed E-state index contributed by atoms with van der Waals surface area (Å²) in [5.41, 5.74) is 9.69. The number of aliphatic carboxylic acids is 1. The molecule has 0 spiro atoms. The molecule has 0 unspecified atom stereocenters. The lowest BCUT2D eigenvalue weighted by molar-refractivity contribution is -0.143. The lowest BCUT2D eigenvalue weighted by Crippen LogP contribution is -2.28. The smallest absolute Gasteiger partial charge is 0.407 e. The lowest BCUT2D eigenvalue weighted by Gasteiger charge is -2.14. The summed E-state index contributed by atoms with van der Waals surface area (Å²) in [7, 11) is 0. The minimum absolute atomic E-state index is 0.00706. The van der Waals surface area contributed by atoms with Crippen molar-refractivity contribution in [1.82, 2.24) is 5.32 Å². The number of benzene rings is 2. The van der Waals surface area contributed by atoms with E-state index in [0.29, 0.717) is 19.6 Å². The number of ether oxygens (including phenoxy) is 2. The van der Waals surface area contributed by atoms with Gasteiger partial charge in [0.15, 0.2) is 0 Å². The quantitative estimate of drug-likeness (QED) is 0.552. The molecule has 4 N–H and O–H groups in total. The van der Waals surface area contributed by atoms with Crippen molar-refractivity contribution in [2.24, 2.45) is 5.73 Å². The average Bonchev–Trinajstić information content (AvgIpc) is 3.07. The van der Waals surface area contributed by atoms with E-state index < -0.39 is 12.1 Å². The van der Waals surface area contributed by atoms with Crippen molar-refractivity contribution in [1.29, 1.82) is 0 Å². The fourth-order valence-corrected chi connectivity index (χ4v) is 3.27. The highest BCUT2D eigenvalue weighted by Crippen LogP contribution is 2.44. The van der Waals surface area contributed by atoms with E-state index in [9.17, 15) is 14.4 Å². The SMILES string of the molecule is CCOC(=O)CCN.O=C(O)CCNC(=O)OCC1c2ccccc2-c2ccccc21. The number of rotatable bonds is 8. The number of carbonyl (C=O) groups excluding carboxylic acids is 2. The first-order valence-corrected chi connectivity index (χ1v) is 10.1. The summed E-state index contributed by atoms with van der Waals surface area (Å²) in [5.74, 6) is -1.16. The summed E-state index contributed by atoms with van der Waals surface area (Å²) in [6, 6.07) is 16.2. The average molecular weight is 428 g/mol. The van der Waals surface area contributed by atoms with Crippen molar-refractivity contribution >= 4 is 18.0 Å². The van der Waals surface area contributed by atoms with Crippen molar-refractivity contribution in [2.45, 2.75) is 25.7 Å². The van der Waals surface area contributed by atoms with E-state index in [1.165, 1.54) is 11.1 Å². The topological polar surface area (TPSA) is 128 Å². The number of carbonyl (C=O) groups is 3. The second kappa shape index (κ2) is 12.3. The van der Waals surface area contributed by atoms with E-state index >= 15 is 0 Å². The van der Waals surface area contributed by atoms with Crippen LogP contribution in [0.3, 0.4) is 0 Å². The number of esters is 1. The number of carboxylic acids is 1. The van der Waals surface area contributed by atoms with Crippen molar-refractivity contribution in [3.63, 3.8) is 0 Å². The van der Waals surface area contributed by atoms with Crippen LogP contribution in [0.1, 0.15) is 36.8 Å². The first-order valence-electron chi connectivity index (χ1n) is 10.1. The summed E-state index contributed by atoms with van der Waals surface area (Å²) in [6.45, 7) is 2.88. The number of hydrogen-bond donors (Lipinski definition) is 3. The summed E-state index contributed by atoms with van der Waals surface area (Å²) < 4.78 is 9.84. The van der Waals surface area contributed by atoms with E-state index in [1.807, 2.05) is 36.4 Å². The Morgan fingerprint density at radius 3 is 2.06 bits per heavy atom. The molecule has 1 amide bonds. The molecule has 0 bridgehead atoms. The molecule has 0 aliphatic heterocycles. The number of carboxylic acid groups (broad SMARTS) is 1. The molecule has 31 heavy (non-hydrogen) atoms. The maximum atomic E-state index is 11.7. The number of fused-ring (bicyclic) bond motifs is 3. The van der Waals surface area contributed by atoms with Gasteiger partial charge in [0.1, 0.15) is 6.61 Å². The number of amides is 1. The van der Waals surface area contributed by atoms with Gasteiger partial charge in [0, 0.05) is 19.0 Å². The molecule has 8 heteroatoms. The van der Waals surface area contributed by atoms with Gasteiger partial charge in [0.05, 0.1) is 19.4 Å². The van der Waals surface area contributed by atoms with E-state index in [-0.39, 0.29) is 31.5 Å². The lowest BCUT2D eigenvalue weighted by atomic mass is 9.98. The molecule has 1 aliphatic rings. The third-order valence-electron chi connectivity index (χ3n) is 4.61. The molecule has 3 rings (SSSR count). The number of nitrogens with one attached hydrogen (secondary N) is 1. The molecule has 0 aromatic heterocycles. The van der Waals surface area contributed by atoms with Gasteiger partial charge in [-0.25, -0.2) is 4.79 Å². The van der Waals surface area contributed by atoms with E-state index in [2.05, 4.69) is 22.2 Å². The van der Waals surface area contributed by atoms with Crippen molar-refractivity contribution < 1.29 is 29.0 Å². The van der Waals surface area contributed by atoms with Crippen molar-refractivity contribution in [3.05, 3.63) is 59.7 Å². The molecule has 0 atom stereocenters. The van der Waals surface area contributed by atoms with Crippen LogP contribution in [0, 0.1) is 0 Å². The van der Waals surface area contributed by atoms with Crippen LogP contribution in [0.4, 0.5) is 4.79 Å². The standard InChI is InChI=1S/C18H17NO4.C5H11NO2/c20-17(21)9-10-19-18(22)23-11-16-14-7-3-1-5-12(14)13-6-2-4-8-15(13)16;1-2-8-5(7)3-4-6/h1-8,16H,9-11H2,(H,19,22)(H,20,21);2-4,6H2,1H3. The summed E-state index contributed by atoms with van der Waals surface area (Å²) in [4.78, 5) is 32.5. The molecule has 0 heterocycles. The fraction of sp³-hybridized carbons (Fsp3) is 0.348. The highest BCUT2D eigenvalue weighted by molar-refractivity contribution is 5.79. The zero-order valence-corrected chi connectivity index (χ0v) is 17.5. The summed E-state index contributed by atoms with van der Waals surface area (Å²) in [6.07, 6.45) is -0.383. The number of nitrogens with two attached hydrogens (primary N) is 1. The van der Waals surface area contributed by atoms with Crippen LogP contribution in [0.5, 0.6) is 0 Å². The number of hydrogen-bond acceptors (Lipinski definition) is 6. The van der Waals surface area contributed by atoms with E-state index in [1.54, 1.807) is 6.92 Å². The van der Waals surface area contributed by atoms with Crippen molar-refractivity contribution in [3.8, 4) is 11.1 Å². The van der Waals surface area contributed by atoms with Crippen LogP contribution in [-0.2, 0) is 19.1 Å². The molecule has 0 saturated carbocycles. The van der Waals surface area contributed by atoms with Gasteiger partial charge in [0.25, 0.3) is 0 Å². The second-order valence-electron chi connectivity index (χ2n) is 6.74. The predicted octanol–water partition coefficient (Wildman–Crippen LogP) is 2.90. The van der Waals surface area contributed by atoms with Crippen LogP contribution >= 0.6 is 0 Å². The highest BCUT2D eigenvalue weighted by Gasteiger charge is 2.28. The highest BCUT2D eigenvalue weighted by atomic mass is 16.5. The largest absolute Gasteiger partial charge is 0.481 e. The Bertz CT molecular complexity index is 846. The summed E-state index contributed by atoms with van der Waals surface area (Å²) in [5, 5.41) is 11.0. The summed E-state index contributed by atoms with van der Waals surface area (Å²) >= 11 is 0. The van der Waals surface area contributed by atoms with Gasteiger partial charge in [0.2, 0.25) is 0 Å². The molecule has 2 aromatic carbocycles. The van der Waals surface area contributed by atoms with Crippen molar-refractivity contribution in [2.75, 3.05) is 26.3 Å². The molecule has 0 fully saturated rings. The molecular weight excluding hydrogens is 400 g/mol. The van der Waals surface area contributed by atoms with Crippen LogP contribution in [-0.4, -0.2) is 49.4 Å². The second-order valence-corrected chi connectivity index (χ2v) is 6.74. The van der Waals surface area contributed by atoms with Gasteiger partial charge in [-0.05, 0) is 29.2 Å². The molecule has 1 aliphatic carbocycles. The van der Waals surface area contributed by atoms with Gasteiger partial charge in [-0.3, -0.25) is 9.59 Å². The fourth-order valence-electron chi connectivity index (χ4n) is 3.27. The van der Waals surface area contributed by atoms with E-state index in [4.69, 9.17) is 15.6 Å². The monoisotopic (exact) mass is 428 g/mol. The zero-order valence-electron chi connectivity index (χ0n) is 17.5. The van der Waals surface area contributed by atoms with Gasteiger partial charge in [-0.15, -0.1) is 0 Å². The minimum Gasteiger partial charge on any atom is -0.481 e. The maximum absolute atomic E-state index is 11.7. The van der Waals surface area contributed by atoms with Crippen LogP contribution in [0.25, 0.3) is 11.1 Å². The van der Waals surface area contributed by atoms with Crippen LogP contribution in [0.15, 0.2) is 48.5 Å². The Kier molecular flexibility index (Phi) is 9.51. The molecule has 0 saturated heterocycles. The third kappa shape index (κ3) is 7.11. The first kappa shape index (κ1) is 23.9. The van der Waals surface area contributed by atoms with Crippen LogP contribution < -0.4 is 11.1 Å².